The lowest BCUT2D eigenvalue weighted by atomic mass is 10.3. The van der Waals surface area contributed by atoms with E-state index in [1.807, 2.05) is 30.3 Å². The quantitative estimate of drug-likeness (QED) is 0.777. The Hall–Kier alpha value is -1.09. The maximum atomic E-state index is 13.0. The van der Waals surface area contributed by atoms with Gasteiger partial charge in [0.25, 0.3) is 0 Å². The average Bonchev–Trinajstić information content (AvgIpc) is 2.74. The molecule has 1 aromatic rings. The zero-order chi connectivity index (χ0) is 11.4. The van der Waals surface area contributed by atoms with Gasteiger partial charge in [0, 0.05) is 19.1 Å². The van der Waals surface area contributed by atoms with Crippen molar-refractivity contribution < 1.29 is 9.13 Å². The highest BCUT2D eigenvalue weighted by molar-refractivity contribution is 5.20. The molecule has 2 rings (SSSR count). The molecule has 0 amide bonds. The highest BCUT2D eigenvalue weighted by Crippen LogP contribution is 2.16. The van der Waals surface area contributed by atoms with Crippen LogP contribution in [-0.4, -0.2) is 36.8 Å². The second kappa shape index (κ2) is 5.30. The molecule has 0 spiro atoms. The van der Waals surface area contributed by atoms with E-state index in [2.05, 4.69) is 11.8 Å². The van der Waals surface area contributed by atoms with Crippen molar-refractivity contribution in [2.24, 2.45) is 0 Å². The Balaban J connectivity index is 1.78. The van der Waals surface area contributed by atoms with E-state index in [4.69, 9.17) is 4.74 Å². The van der Waals surface area contributed by atoms with Crippen molar-refractivity contribution in [2.75, 3.05) is 19.7 Å². The van der Waals surface area contributed by atoms with Crippen LogP contribution in [0.3, 0.4) is 0 Å². The second-order valence-corrected chi connectivity index (χ2v) is 4.35. The minimum atomic E-state index is -0.654. The molecule has 3 heteroatoms. The maximum Gasteiger partial charge on any atom is 0.119 e. The molecule has 88 valence electrons. The first-order chi connectivity index (χ1) is 7.75. The molecule has 0 N–H and O–H groups in total. The third-order valence-corrected chi connectivity index (χ3v) is 3.02. The van der Waals surface area contributed by atoms with Gasteiger partial charge in [-0.1, -0.05) is 18.2 Å². The van der Waals surface area contributed by atoms with Gasteiger partial charge >= 0.3 is 0 Å². The Morgan fingerprint density at radius 1 is 1.44 bits per heavy atom. The summed E-state index contributed by atoms with van der Waals surface area (Å²) in [5.74, 6) is 0.880. The summed E-state index contributed by atoms with van der Waals surface area (Å²) < 4.78 is 18.7. The molecule has 1 heterocycles. The summed E-state index contributed by atoms with van der Waals surface area (Å²) in [7, 11) is 0. The molecule has 0 aromatic heterocycles. The van der Waals surface area contributed by atoms with Crippen LogP contribution in [0, 0.1) is 0 Å². The van der Waals surface area contributed by atoms with E-state index >= 15 is 0 Å². The number of likely N-dealkylation sites (tertiary alicyclic amines) is 1. The molecule has 0 unspecified atom stereocenters. The molecule has 1 aromatic carbocycles. The standard InChI is InChI=1S/C13H18FNO/c1-11(15-8-7-12(14)9-15)10-16-13-5-3-2-4-6-13/h2-6,11-12H,7-10H2,1H3/t11-,12+/m0/s1. The molecule has 0 radical (unpaired) electrons. The molecule has 16 heavy (non-hydrogen) atoms. The van der Waals surface area contributed by atoms with Gasteiger partial charge in [-0.15, -0.1) is 0 Å². The number of alkyl halides is 1. The molecular weight excluding hydrogens is 205 g/mol. The number of ether oxygens (including phenoxy) is 1. The minimum Gasteiger partial charge on any atom is -0.492 e. The van der Waals surface area contributed by atoms with Crippen molar-refractivity contribution in [3.63, 3.8) is 0 Å². The van der Waals surface area contributed by atoms with Crippen LogP contribution in [0.15, 0.2) is 30.3 Å². The molecule has 1 aliphatic heterocycles. The van der Waals surface area contributed by atoms with Gasteiger partial charge in [0.1, 0.15) is 18.5 Å². The van der Waals surface area contributed by atoms with Gasteiger partial charge < -0.3 is 4.74 Å². The topological polar surface area (TPSA) is 12.5 Å². The number of halogens is 1. The van der Waals surface area contributed by atoms with Crippen molar-refractivity contribution in [1.82, 2.24) is 4.90 Å². The molecule has 0 aliphatic carbocycles. The summed E-state index contributed by atoms with van der Waals surface area (Å²) in [6, 6.07) is 10.0. The smallest absolute Gasteiger partial charge is 0.119 e. The lowest BCUT2D eigenvalue weighted by molar-refractivity contribution is 0.163. The Labute approximate surface area is 96.0 Å². The van der Waals surface area contributed by atoms with Gasteiger partial charge in [-0.05, 0) is 25.5 Å². The van der Waals surface area contributed by atoms with Crippen LogP contribution in [0.2, 0.25) is 0 Å². The summed E-state index contributed by atoms with van der Waals surface area (Å²) in [6.07, 6.45) is 0.00884. The lowest BCUT2D eigenvalue weighted by Gasteiger charge is -2.23. The zero-order valence-corrected chi connectivity index (χ0v) is 9.60. The first kappa shape index (κ1) is 11.4. The van der Waals surface area contributed by atoms with E-state index in [0.717, 1.165) is 12.3 Å². The minimum absolute atomic E-state index is 0.279. The van der Waals surface area contributed by atoms with Crippen molar-refractivity contribution in [3.8, 4) is 5.75 Å². The van der Waals surface area contributed by atoms with Crippen molar-refractivity contribution in [1.29, 1.82) is 0 Å². The fraction of sp³-hybridized carbons (Fsp3) is 0.538. The fourth-order valence-corrected chi connectivity index (χ4v) is 1.98. The molecule has 2 atom stereocenters. The van der Waals surface area contributed by atoms with Crippen LogP contribution in [0.4, 0.5) is 4.39 Å². The van der Waals surface area contributed by atoms with Gasteiger partial charge in [-0.3, -0.25) is 4.90 Å². The third-order valence-electron chi connectivity index (χ3n) is 3.02. The van der Waals surface area contributed by atoms with Gasteiger partial charge in [0.15, 0.2) is 0 Å². The van der Waals surface area contributed by atoms with Gasteiger partial charge in [0.2, 0.25) is 0 Å². The zero-order valence-electron chi connectivity index (χ0n) is 9.60. The van der Waals surface area contributed by atoms with Crippen molar-refractivity contribution in [3.05, 3.63) is 30.3 Å². The van der Waals surface area contributed by atoms with E-state index in [1.165, 1.54) is 0 Å². The lowest BCUT2D eigenvalue weighted by Crippen LogP contribution is -2.35. The predicted molar refractivity (Wildman–Crippen MR) is 62.5 cm³/mol. The molecule has 1 fully saturated rings. The van der Waals surface area contributed by atoms with E-state index in [0.29, 0.717) is 19.6 Å². The first-order valence-electron chi connectivity index (χ1n) is 5.81. The summed E-state index contributed by atoms with van der Waals surface area (Å²) in [4.78, 5) is 2.15. The summed E-state index contributed by atoms with van der Waals surface area (Å²) >= 11 is 0. The fourth-order valence-electron chi connectivity index (χ4n) is 1.98. The van der Waals surface area contributed by atoms with Crippen LogP contribution < -0.4 is 4.74 Å². The Morgan fingerprint density at radius 2 is 2.19 bits per heavy atom. The van der Waals surface area contributed by atoms with Crippen LogP contribution in [0.5, 0.6) is 5.75 Å². The van der Waals surface area contributed by atoms with E-state index in [-0.39, 0.29) is 6.04 Å². The molecular formula is C13H18FNO. The summed E-state index contributed by atoms with van der Waals surface area (Å²) in [5.41, 5.74) is 0. The summed E-state index contributed by atoms with van der Waals surface area (Å²) in [6.45, 7) is 4.11. The number of hydrogen-bond acceptors (Lipinski definition) is 2. The number of para-hydroxylation sites is 1. The van der Waals surface area contributed by atoms with Crippen LogP contribution in [0.25, 0.3) is 0 Å². The largest absolute Gasteiger partial charge is 0.492 e. The average molecular weight is 223 g/mol. The van der Waals surface area contributed by atoms with Crippen molar-refractivity contribution in [2.45, 2.75) is 25.6 Å². The highest BCUT2D eigenvalue weighted by atomic mass is 19.1. The van der Waals surface area contributed by atoms with Crippen LogP contribution in [-0.2, 0) is 0 Å². The number of benzene rings is 1. The predicted octanol–water partition coefficient (Wildman–Crippen LogP) is 2.50. The molecule has 0 saturated carbocycles. The van der Waals surface area contributed by atoms with Crippen LogP contribution >= 0.6 is 0 Å². The Bertz CT molecular complexity index is 317. The monoisotopic (exact) mass is 223 g/mol. The number of rotatable bonds is 4. The number of nitrogens with zero attached hydrogens (tertiary/aromatic N) is 1. The maximum absolute atomic E-state index is 13.0. The van der Waals surface area contributed by atoms with Gasteiger partial charge in [0.05, 0.1) is 0 Å². The summed E-state index contributed by atoms with van der Waals surface area (Å²) in [5, 5.41) is 0. The van der Waals surface area contributed by atoms with E-state index < -0.39 is 6.17 Å². The first-order valence-corrected chi connectivity index (χ1v) is 5.81. The highest BCUT2D eigenvalue weighted by Gasteiger charge is 2.25. The normalized spacial score (nSPS) is 23.2. The number of hydrogen-bond donors (Lipinski definition) is 0. The molecule has 1 saturated heterocycles. The molecule has 0 bridgehead atoms. The van der Waals surface area contributed by atoms with Gasteiger partial charge in [-0.2, -0.15) is 0 Å². The van der Waals surface area contributed by atoms with Crippen LogP contribution in [0.1, 0.15) is 13.3 Å². The van der Waals surface area contributed by atoms with E-state index in [9.17, 15) is 4.39 Å². The SMILES string of the molecule is C[C@@H](COc1ccccc1)N1CC[C@@H](F)C1. The second-order valence-electron chi connectivity index (χ2n) is 4.35. The molecule has 1 aliphatic rings. The Kier molecular flexibility index (Phi) is 3.78. The Morgan fingerprint density at radius 3 is 2.81 bits per heavy atom. The van der Waals surface area contributed by atoms with Crippen molar-refractivity contribution >= 4 is 0 Å². The van der Waals surface area contributed by atoms with Gasteiger partial charge in [-0.25, -0.2) is 4.39 Å². The van der Waals surface area contributed by atoms with E-state index in [1.54, 1.807) is 0 Å². The third kappa shape index (κ3) is 2.95. The molecule has 2 nitrogen and oxygen atoms in total.